The highest BCUT2D eigenvalue weighted by Gasteiger charge is 2.13. The summed E-state index contributed by atoms with van der Waals surface area (Å²) in [5.74, 6) is -0.961. The average Bonchev–Trinajstić information content (AvgIpc) is 2.68. The normalized spacial score (nSPS) is 14.8. The first-order valence-electron chi connectivity index (χ1n) is 6.10. The molecule has 1 aromatic rings. The second kappa shape index (κ2) is 5.99. The summed E-state index contributed by atoms with van der Waals surface area (Å²) in [6.45, 7) is 1.39. The molecule has 0 bridgehead atoms. The van der Waals surface area contributed by atoms with Gasteiger partial charge in [-0.25, -0.2) is 4.79 Å². The predicted octanol–water partition coefficient (Wildman–Crippen LogP) is 1.11. The van der Waals surface area contributed by atoms with E-state index in [1.165, 1.54) is 12.1 Å². The van der Waals surface area contributed by atoms with Crippen LogP contribution in [0.2, 0.25) is 0 Å². The first kappa shape index (κ1) is 13.1. The van der Waals surface area contributed by atoms with Gasteiger partial charge in [-0.05, 0) is 37.1 Å². The molecule has 1 heterocycles. The van der Waals surface area contributed by atoms with Crippen LogP contribution in [-0.4, -0.2) is 35.9 Å². The third-order valence-electron chi connectivity index (χ3n) is 2.75. The molecule has 3 N–H and O–H groups in total. The first-order chi connectivity index (χ1) is 9.16. The summed E-state index contributed by atoms with van der Waals surface area (Å²) < 4.78 is 0. The lowest BCUT2D eigenvalue weighted by Crippen LogP contribution is -2.35. The van der Waals surface area contributed by atoms with Crippen LogP contribution in [0, 0.1) is 0 Å². The van der Waals surface area contributed by atoms with Crippen LogP contribution < -0.4 is 10.6 Å². The van der Waals surface area contributed by atoms with E-state index < -0.39 is 5.97 Å². The van der Waals surface area contributed by atoms with Crippen LogP contribution >= 0.6 is 0 Å². The van der Waals surface area contributed by atoms with Gasteiger partial charge in [0.2, 0.25) is 0 Å². The second-order valence-electron chi connectivity index (χ2n) is 4.20. The average molecular weight is 261 g/mol. The second-order valence-corrected chi connectivity index (χ2v) is 4.20. The predicted molar refractivity (Wildman–Crippen MR) is 71.6 cm³/mol. The maximum atomic E-state index is 11.9. The van der Waals surface area contributed by atoms with Crippen LogP contribution in [0.4, 0.5) is 5.69 Å². The van der Waals surface area contributed by atoms with Gasteiger partial charge >= 0.3 is 5.97 Å². The molecule has 0 saturated heterocycles. The number of carboxylic acids is 1. The lowest BCUT2D eigenvalue weighted by molar-refractivity contribution is -0.110. The Labute approximate surface area is 110 Å². The SMILES string of the molecule is O=C(Nc1ccc(C(=O)O)cc1)C1=NCCCCN1. The summed E-state index contributed by atoms with van der Waals surface area (Å²) in [5, 5.41) is 14.4. The van der Waals surface area contributed by atoms with Gasteiger partial charge in [-0.2, -0.15) is 0 Å². The number of amides is 1. The number of hydrogen-bond donors (Lipinski definition) is 3. The van der Waals surface area contributed by atoms with Gasteiger partial charge in [0.1, 0.15) is 0 Å². The van der Waals surface area contributed by atoms with E-state index in [0.717, 1.165) is 19.4 Å². The number of nitrogens with one attached hydrogen (secondary N) is 2. The highest BCUT2D eigenvalue weighted by molar-refractivity contribution is 6.42. The standard InChI is InChI=1S/C13H15N3O3/c17-12(11-14-7-1-2-8-15-11)16-10-5-3-9(4-6-10)13(18)19/h3-6H,1-2,7-8H2,(H,14,15)(H,16,17)(H,18,19). The van der Waals surface area contributed by atoms with E-state index in [1.54, 1.807) is 12.1 Å². The van der Waals surface area contributed by atoms with Crippen molar-refractivity contribution in [3.8, 4) is 0 Å². The minimum absolute atomic E-state index is 0.183. The van der Waals surface area contributed by atoms with Gasteiger partial charge in [0.15, 0.2) is 5.84 Å². The molecule has 100 valence electrons. The van der Waals surface area contributed by atoms with Crippen LogP contribution in [0.3, 0.4) is 0 Å². The van der Waals surface area contributed by atoms with Crippen molar-refractivity contribution in [3.05, 3.63) is 29.8 Å². The molecule has 6 heteroatoms. The van der Waals surface area contributed by atoms with Crippen molar-refractivity contribution < 1.29 is 14.7 Å². The van der Waals surface area contributed by atoms with E-state index in [1.807, 2.05) is 0 Å². The van der Waals surface area contributed by atoms with E-state index in [0.29, 0.717) is 18.1 Å². The Balaban J connectivity index is 2.02. The molecule has 0 saturated carbocycles. The molecular weight excluding hydrogens is 246 g/mol. The first-order valence-corrected chi connectivity index (χ1v) is 6.10. The quantitative estimate of drug-likeness (QED) is 0.760. The highest BCUT2D eigenvalue weighted by Crippen LogP contribution is 2.09. The number of carbonyl (C=O) groups excluding carboxylic acids is 1. The molecule has 0 atom stereocenters. The number of amidine groups is 1. The van der Waals surface area contributed by atoms with Crippen molar-refractivity contribution in [3.63, 3.8) is 0 Å². The Kier molecular flexibility index (Phi) is 4.12. The minimum Gasteiger partial charge on any atom is -0.478 e. The zero-order chi connectivity index (χ0) is 13.7. The molecule has 1 aliphatic rings. The number of hydrogen-bond acceptors (Lipinski definition) is 4. The van der Waals surface area contributed by atoms with Gasteiger partial charge in [0, 0.05) is 18.8 Å². The third kappa shape index (κ3) is 3.54. The van der Waals surface area contributed by atoms with Gasteiger partial charge in [-0.15, -0.1) is 0 Å². The van der Waals surface area contributed by atoms with Gasteiger partial charge in [-0.1, -0.05) is 0 Å². The number of nitrogens with zero attached hydrogens (tertiary/aromatic N) is 1. The van der Waals surface area contributed by atoms with Gasteiger partial charge in [0.05, 0.1) is 5.56 Å². The monoisotopic (exact) mass is 261 g/mol. The van der Waals surface area contributed by atoms with Crippen molar-refractivity contribution >= 4 is 23.4 Å². The minimum atomic E-state index is -0.993. The lowest BCUT2D eigenvalue weighted by Gasteiger charge is -2.08. The number of rotatable bonds is 3. The van der Waals surface area contributed by atoms with Crippen LogP contribution in [0.1, 0.15) is 23.2 Å². The molecular formula is C13H15N3O3. The summed E-state index contributed by atoms with van der Waals surface area (Å²) >= 11 is 0. The third-order valence-corrected chi connectivity index (χ3v) is 2.75. The van der Waals surface area contributed by atoms with Gasteiger partial charge in [0.25, 0.3) is 5.91 Å². The van der Waals surface area contributed by atoms with E-state index in [-0.39, 0.29) is 11.5 Å². The van der Waals surface area contributed by atoms with Crippen molar-refractivity contribution in [1.82, 2.24) is 5.32 Å². The Hall–Kier alpha value is -2.37. The van der Waals surface area contributed by atoms with E-state index in [2.05, 4.69) is 15.6 Å². The molecule has 1 amide bonds. The fourth-order valence-electron chi connectivity index (χ4n) is 1.73. The molecule has 6 nitrogen and oxygen atoms in total. The van der Waals surface area contributed by atoms with E-state index in [4.69, 9.17) is 5.11 Å². The number of carbonyl (C=O) groups is 2. The molecule has 0 aromatic heterocycles. The zero-order valence-corrected chi connectivity index (χ0v) is 10.3. The highest BCUT2D eigenvalue weighted by atomic mass is 16.4. The summed E-state index contributed by atoms with van der Waals surface area (Å²) in [6.07, 6.45) is 1.96. The fraction of sp³-hybridized carbons (Fsp3) is 0.308. The maximum Gasteiger partial charge on any atom is 0.335 e. The zero-order valence-electron chi connectivity index (χ0n) is 10.3. The Morgan fingerprint density at radius 2 is 1.95 bits per heavy atom. The molecule has 1 aliphatic heterocycles. The Morgan fingerprint density at radius 1 is 1.21 bits per heavy atom. The summed E-state index contributed by atoms with van der Waals surface area (Å²) in [4.78, 5) is 26.8. The number of anilines is 1. The number of benzene rings is 1. The van der Waals surface area contributed by atoms with E-state index in [9.17, 15) is 9.59 Å². The number of aliphatic imine (C=N–C) groups is 1. The largest absolute Gasteiger partial charge is 0.478 e. The lowest BCUT2D eigenvalue weighted by atomic mass is 10.2. The van der Waals surface area contributed by atoms with Crippen molar-refractivity contribution in [2.75, 3.05) is 18.4 Å². The summed E-state index contributed by atoms with van der Waals surface area (Å²) in [6, 6.07) is 6.00. The Morgan fingerprint density at radius 3 is 2.63 bits per heavy atom. The van der Waals surface area contributed by atoms with Gasteiger partial charge < -0.3 is 15.7 Å². The van der Waals surface area contributed by atoms with Crippen molar-refractivity contribution in [1.29, 1.82) is 0 Å². The molecule has 19 heavy (non-hydrogen) atoms. The molecule has 0 aliphatic carbocycles. The van der Waals surface area contributed by atoms with Gasteiger partial charge in [-0.3, -0.25) is 9.79 Å². The van der Waals surface area contributed by atoms with Crippen molar-refractivity contribution in [2.45, 2.75) is 12.8 Å². The van der Waals surface area contributed by atoms with Crippen LogP contribution in [-0.2, 0) is 4.79 Å². The fourth-order valence-corrected chi connectivity index (χ4v) is 1.73. The van der Waals surface area contributed by atoms with Crippen LogP contribution in [0.25, 0.3) is 0 Å². The molecule has 2 rings (SSSR count). The summed E-state index contributed by atoms with van der Waals surface area (Å²) in [5.41, 5.74) is 0.728. The molecule has 0 fully saturated rings. The van der Waals surface area contributed by atoms with Crippen LogP contribution in [0.5, 0.6) is 0 Å². The van der Waals surface area contributed by atoms with Crippen LogP contribution in [0.15, 0.2) is 29.3 Å². The topological polar surface area (TPSA) is 90.8 Å². The molecule has 0 radical (unpaired) electrons. The molecule has 0 spiro atoms. The van der Waals surface area contributed by atoms with E-state index >= 15 is 0 Å². The smallest absolute Gasteiger partial charge is 0.335 e. The Bertz CT molecular complexity index is 508. The number of aromatic carboxylic acids is 1. The molecule has 0 unspecified atom stereocenters. The summed E-state index contributed by atoms with van der Waals surface area (Å²) in [7, 11) is 0. The van der Waals surface area contributed by atoms with Crippen molar-refractivity contribution in [2.24, 2.45) is 4.99 Å². The number of carboxylic acid groups (broad SMARTS) is 1. The molecule has 1 aromatic carbocycles. The maximum absolute atomic E-state index is 11.9.